The molecular weight excluding hydrogens is 280 g/mol. The van der Waals surface area contributed by atoms with Crippen LogP contribution in [0.2, 0.25) is 0 Å². The van der Waals surface area contributed by atoms with Gasteiger partial charge in [-0.05, 0) is 61.7 Å². The van der Waals surface area contributed by atoms with Gasteiger partial charge in [-0.3, -0.25) is 0 Å². The highest BCUT2D eigenvalue weighted by Gasteiger charge is 2.27. The van der Waals surface area contributed by atoms with Gasteiger partial charge in [-0.1, -0.05) is 0 Å². The topological polar surface area (TPSA) is 40.8 Å². The van der Waals surface area contributed by atoms with Crippen LogP contribution in [0.25, 0.3) is 10.2 Å². The molecule has 4 rings (SSSR count). The molecule has 110 valence electrons. The van der Waals surface area contributed by atoms with Gasteiger partial charge in [0, 0.05) is 4.88 Å². The molecular formula is C16H21N4S+. The monoisotopic (exact) mass is 301 g/mol. The number of nitrogens with one attached hydrogen (secondary N) is 1. The molecule has 0 saturated carbocycles. The minimum Gasteiger partial charge on any atom is -0.317 e. The van der Waals surface area contributed by atoms with Crippen molar-refractivity contribution in [2.24, 2.45) is 5.92 Å². The highest BCUT2D eigenvalue weighted by Crippen LogP contribution is 2.39. The van der Waals surface area contributed by atoms with Crippen molar-refractivity contribution < 1.29 is 4.58 Å². The number of thiophene rings is 1. The van der Waals surface area contributed by atoms with Gasteiger partial charge in [-0.2, -0.15) is 0 Å². The van der Waals surface area contributed by atoms with Crippen molar-refractivity contribution in [1.29, 1.82) is 0 Å². The molecule has 1 fully saturated rings. The van der Waals surface area contributed by atoms with Gasteiger partial charge >= 0.3 is 5.82 Å². The van der Waals surface area contributed by atoms with E-state index in [9.17, 15) is 0 Å². The van der Waals surface area contributed by atoms with Crippen molar-refractivity contribution in [3.05, 3.63) is 16.8 Å². The van der Waals surface area contributed by atoms with Gasteiger partial charge in [-0.25, -0.2) is 9.56 Å². The van der Waals surface area contributed by atoms with Gasteiger partial charge in [0.1, 0.15) is 10.2 Å². The Morgan fingerprint density at radius 2 is 2.14 bits per heavy atom. The Morgan fingerprint density at radius 3 is 3.00 bits per heavy atom. The molecule has 21 heavy (non-hydrogen) atoms. The van der Waals surface area contributed by atoms with Crippen LogP contribution in [0.4, 0.5) is 5.82 Å². The van der Waals surface area contributed by atoms with Crippen molar-refractivity contribution in [1.82, 2.24) is 15.3 Å². The van der Waals surface area contributed by atoms with Gasteiger partial charge in [0.2, 0.25) is 6.33 Å². The van der Waals surface area contributed by atoms with Crippen LogP contribution < -0.4 is 5.32 Å². The first kappa shape index (κ1) is 13.3. The molecule has 0 amide bonds. The van der Waals surface area contributed by atoms with E-state index in [1.54, 1.807) is 6.33 Å². The summed E-state index contributed by atoms with van der Waals surface area (Å²) >= 11 is 1.85. The highest BCUT2D eigenvalue weighted by atomic mass is 32.1. The summed E-state index contributed by atoms with van der Waals surface area (Å²) in [6.07, 6.45) is 7.84. The Morgan fingerprint density at radius 1 is 1.29 bits per heavy atom. The first-order chi connectivity index (χ1) is 10.3. The first-order valence-electron chi connectivity index (χ1n) is 7.87. The molecule has 0 aromatic carbocycles. The molecule has 1 aliphatic carbocycles. The fourth-order valence-corrected chi connectivity index (χ4v) is 4.84. The van der Waals surface area contributed by atoms with E-state index >= 15 is 0 Å². The molecule has 0 unspecified atom stereocenters. The summed E-state index contributed by atoms with van der Waals surface area (Å²) in [5, 5.41) is 4.70. The number of fused-ring (bicyclic) bond motifs is 3. The molecule has 1 aliphatic heterocycles. The number of aromatic nitrogens is 2. The minimum atomic E-state index is 0.723. The fraction of sp³-hybridized carbons (Fsp3) is 0.562. The van der Waals surface area contributed by atoms with E-state index in [4.69, 9.17) is 0 Å². The highest BCUT2D eigenvalue weighted by molar-refractivity contribution is 7.19. The summed E-state index contributed by atoms with van der Waals surface area (Å²) < 4.78 is 2.12. The van der Waals surface area contributed by atoms with Gasteiger partial charge in [-0.15, -0.1) is 11.3 Å². The molecule has 1 saturated heterocycles. The largest absolute Gasteiger partial charge is 0.335 e. The van der Waals surface area contributed by atoms with Crippen molar-refractivity contribution >= 4 is 34.1 Å². The number of hydrogen-bond donors (Lipinski definition) is 1. The number of nitrogens with zero attached hydrogens (tertiary/aromatic N) is 3. The van der Waals surface area contributed by atoms with Crippen LogP contribution in [-0.4, -0.2) is 40.9 Å². The quantitative estimate of drug-likeness (QED) is 0.699. The zero-order valence-corrected chi connectivity index (χ0v) is 13.1. The van der Waals surface area contributed by atoms with E-state index in [0.29, 0.717) is 0 Å². The Labute approximate surface area is 128 Å². The number of aryl methyl sites for hydroxylation is 2. The summed E-state index contributed by atoms with van der Waals surface area (Å²) in [7, 11) is 0. The average molecular weight is 301 g/mol. The molecule has 2 aromatic rings. The molecule has 3 heterocycles. The van der Waals surface area contributed by atoms with Crippen LogP contribution in [0.5, 0.6) is 0 Å². The smallest absolute Gasteiger partial charge is 0.317 e. The lowest BCUT2D eigenvalue weighted by atomic mass is 9.98. The molecule has 0 atom stereocenters. The lowest BCUT2D eigenvalue weighted by Gasteiger charge is -2.21. The second-order valence-electron chi connectivity index (χ2n) is 6.15. The van der Waals surface area contributed by atoms with Crippen molar-refractivity contribution in [2.45, 2.75) is 32.1 Å². The first-order valence-corrected chi connectivity index (χ1v) is 8.68. The van der Waals surface area contributed by atoms with Crippen molar-refractivity contribution in [3.63, 3.8) is 0 Å². The Bertz CT molecular complexity index is 685. The van der Waals surface area contributed by atoms with E-state index in [2.05, 4.69) is 26.6 Å². The maximum absolute atomic E-state index is 4.57. The zero-order valence-electron chi connectivity index (χ0n) is 12.3. The molecule has 5 heteroatoms. The third kappa shape index (κ3) is 2.38. The van der Waals surface area contributed by atoms with E-state index < -0.39 is 0 Å². The second kappa shape index (κ2) is 5.46. The van der Waals surface area contributed by atoms with Crippen LogP contribution in [0.3, 0.4) is 0 Å². The average Bonchev–Trinajstić information content (AvgIpc) is 3.08. The predicted octanol–water partition coefficient (Wildman–Crippen LogP) is 2.52. The molecule has 0 bridgehead atoms. The van der Waals surface area contributed by atoms with E-state index in [0.717, 1.165) is 36.2 Å². The van der Waals surface area contributed by atoms with Crippen LogP contribution in [0.1, 0.15) is 29.7 Å². The third-order valence-corrected chi connectivity index (χ3v) is 5.92. The minimum absolute atomic E-state index is 0.723. The van der Waals surface area contributed by atoms with Crippen LogP contribution >= 0.6 is 11.3 Å². The normalized spacial score (nSPS) is 19.0. The van der Waals surface area contributed by atoms with Gasteiger partial charge in [0.15, 0.2) is 0 Å². The number of hydrogen-bond acceptors (Lipinski definition) is 4. The second-order valence-corrected chi connectivity index (χ2v) is 7.23. The molecule has 0 spiro atoms. The Hall–Kier alpha value is -1.33. The predicted molar refractivity (Wildman–Crippen MR) is 86.9 cm³/mol. The number of rotatable bonds is 3. The third-order valence-electron chi connectivity index (χ3n) is 4.72. The van der Waals surface area contributed by atoms with Crippen molar-refractivity contribution in [3.8, 4) is 0 Å². The SMILES string of the molecule is C=[N+](CC1CCNCC1)c1ncnc2sc3c(c12)CCC3. The zero-order chi connectivity index (χ0) is 14.2. The summed E-state index contributed by atoms with van der Waals surface area (Å²) in [6, 6.07) is 0. The molecule has 2 aromatic heterocycles. The molecule has 2 aliphatic rings. The fourth-order valence-electron chi connectivity index (χ4n) is 3.61. The van der Waals surface area contributed by atoms with Crippen LogP contribution in [0, 0.1) is 5.92 Å². The summed E-state index contributed by atoms with van der Waals surface area (Å²) in [4.78, 5) is 11.7. The molecule has 0 radical (unpaired) electrons. The van der Waals surface area contributed by atoms with E-state index in [1.807, 2.05) is 11.3 Å². The number of piperidine rings is 1. The molecule has 1 N–H and O–H groups in total. The summed E-state index contributed by atoms with van der Waals surface area (Å²) in [6.45, 7) is 7.54. The van der Waals surface area contributed by atoms with E-state index in [1.165, 1.54) is 47.9 Å². The summed E-state index contributed by atoms with van der Waals surface area (Å²) in [5.74, 6) is 1.76. The lowest BCUT2D eigenvalue weighted by molar-refractivity contribution is -0.443. The van der Waals surface area contributed by atoms with E-state index in [-0.39, 0.29) is 0 Å². The summed E-state index contributed by atoms with van der Waals surface area (Å²) in [5.41, 5.74) is 1.49. The van der Waals surface area contributed by atoms with Gasteiger partial charge in [0.05, 0.1) is 13.3 Å². The maximum Gasteiger partial charge on any atom is 0.335 e. The van der Waals surface area contributed by atoms with Gasteiger partial charge < -0.3 is 5.32 Å². The maximum atomic E-state index is 4.57. The van der Waals surface area contributed by atoms with Crippen LogP contribution in [-0.2, 0) is 12.8 Å². The Balaban J connectivity index is 1.67. The van der Waals surface area contributed by atoms with Crippen molar-refractivity contribution in [2.75, 3.05) is 19.6 Å². The van der Waals surface area contributed by atoms with Crippen LogP contribution in [0.15, 0.2) is 6.33 Å². The lowest BCUT2D eigenvalue weighted by Crippen LogP contribution is -2.31. The molecule has 4 nitrogen and oxygen atoms in total. The van der Waals surface area contributed by atoms with Gasteiger partial charge in [0.25, 0.3) is 0 Å². The standard InChI is InChI=1S/C16H21N4S/c1-20(9-11-5-7-17-8-6-11)15-14-12-3-2-4-13(12)21-16(14)19-10-18-15/h10-11,17H,1-9H2/q+1. The Kier molecular flexibility index (Phi) is 3.47.